The van der Waals surface area contributed by atoms with E-state index in [-0.39, 0.29) is 0 Å². The molecule has 0 aliphatic heterocycles. The molecule has 0 aliphatic rings. The normalized spacial score (nSPS) is 12.5. The summed E-state index contributed by atoms with van der Waals surface area (Å²) in [6.45, 7) is 4.00. The van der Waals surface area contributed by atoms with Crippen LogP contribution in [0.4, 0.5) is 0 Å². The Morgan fingerprint density at radius 3 is 1.03 bits per heavy atom. The van der Waals surface area contributed by atoms with Gasteiger partial charge in [0, 0.05) is 50.9 Å². The van der Waals surface area contributed by atoms with Crippen molar-refractivity contribution < 1.29 is 0 Å². The van der Waals surface area contributed by atoms with Gasteiger partial charge >= 0.3 is 0 Å². The largest absolute Gasteiger partial charge is 0.315 e. The van der Waals surface area contributed by atoms with E-state index < -0.39 is 0 Å². The number of fused-ring (bicyclic) bond motifs is 21. The van der Waals surface area contributed by atoms with Gasteiger partial charge in [-0.15, -0.1) is 34.0 Å². The third-order valence-electron chi connectivity index (χ3n) is 7.91. The van der Waals surface area contributed by atoms with Gasteiger partial charge in [0.05, 0.1) is 47.2 Å². The van der Waals surface area contributed by atoms with Gasteiger partial charge in [-0.1, -0.05) is 13.8 Å². The van der Waals surface area contributed by atoms with Crippen LogP contribution in [0.15, 0.2) is 89.3 Å². The molecule has 0 saturated carbocycles. The second-order valence-electron chi connectivity index (χ2n) is 9.45. The number of aromatic nitrogens is 3. The first-order valence-electron chi connectivity index (χ1n) is 12.9. The summed E-state index contributed by atoms with van der Waals surface area (Å²) in [7, 11) is 0. The first-order valence-corrected chi connectivity index (χ1v) is 15.6. The number of nitrogens with zero attached hydrogens (tertiary/aromatic N) is 3. The molecule has 0 spiro atoms. The van der Waals surface area contributed by atoms with Crippen LogP contribution >= 0.6 is 34.0 Å². The fraction of sp³-hybridized carbons (Fsp3) is 0.0625. The quantitative estimate of drug-likeness (QED) is 0.169. The summed E-state index contributed by atoms with van der Waals surface area (Å²) in [4.78, 5) is 0. The zero-order chi connectivity index (χ0) is 25.1. The molecule has 10 rings (SSSR count). The molecule has 0 aliphatic carbocycles. The van der Waals surface area contributed by atoms with Gasteiger partial charge in [0.1, 0.15) is 0 Å². The molecule has 0 saturated heterocycles. The Hall–Kier alpha value is -3.84. The molecule has 0 atom stereocenters. The van der Waals surface area contributed by atoms with Crippen LogP contribution in [-0.4, -0.2) is 13.2 Å². The van der Waals surface area contributed by atoms with Gasteiger partial charge in [0.25, 0.3) is 0 Å². The summed E-state index contributed by atoms with van der Waals surface area (Å²) in [5.74, 6) is 0. The van der Waals surface area contributed by atoms with E-state index in [1.165, 1.54) is 79.5 Å². The number of thiophene rings is 3. The Morgan fingerprint density at radius 1 is 0.395 bits per heavy atom. The zero-order valence-corrected chi connectivity index (χ0v) is 23.2. The fourth-order valence-electron chi connectivity index (χ4n) is 6.62. The first-order chi connectivity index (χ1) is 18.9. The maximum absolute atomic E-state index is 2.39. The molecular weight excluding hydrogens is 523 g/mol. The molecule has 38 heavy (non-hydrogen) atoms. The van der Waals surface area contributed by atoms with E-state index in [0.717, 1.165) is 0 Å². The van der Waals surface area contributed by atoms with Crippen LogP contribution < -0.4 is 0 Å². The molecular formula is C32H21N3S3. The molecule has 0 radical (unpaired) electrons. The summed E-state index contributed by atoms with van der Waals surface area (Å²) in [6.07, 6.45) is 6.66. The number of rotatable bonds is 0. The molecule has 182 valence electrons. The highest BCUT2D eigenvalue weighted by molar-refractivity contribution is 7.20. The van der Waals surface area contributed by atoms with Crippen molar-refractivity contribution >= 4 is 114 Å². The lowest BCUT2D eigenvalue weighted by atomic mass is 9.93. The van der Waals surface area contributed by atoms with Gasteiger partial charge in [-0.2, -0.15) is 0 Å². The predicted octanol–water partition coefficient (Wildman–Crippen LogP) is 10.6. The van der Waals surface area contributed by atoms with Gasteiger partial charge in [-0.3, -0.25) is 0 Å². The highest BCUT2D eigenvalue weighted by atomic mass is 32.1. The standard InChI is InChI=1S/C30H15N3S3.C2H6/c1-4-16-22-25(28-19(7-13-34-28)31(16)10-1)23-17-5-2-12-33(17)21-9-15-36-30(21)27(23)24-18-6-3-11-32(18)20-8-14-35-29(20)26(22)24;1-2/h1-15H;1-2H3. The maximum Gasteiger partial charge on any atom is 0.0642 e. The van der Waals surface area contributed by atoms with Crippen molar-refractivity contribution in [3.05, 3.63) is 89.3 Å². The zero-order valence-electron chi connectivity index (χ0n) is 20.7. The second-order valence-corrected chi connectivity index (χ2v) is 12.2. The highest BCUT2D eigenvalue weighted by Gasteiger charge is 2.24. The summed E-state index contributed by atoms with van der Waals surface area (Å²) in [6, 6.07) is 20.3. The monoisotopic (exact) mass is 543 g/mol. The fourth-order valence-corrected chi connectivity index (χ4v) is 9.45. The number of hydrogen-bond acceptors (Lipinski definition) is 3. The van der Waals surface area contributed by atoms with Crippen LogP contribution in [0.3, 0.4) is 0 Å². The minimum atomic E-state index is 1.28. The van der Waals surface area contributed by atoms with Crippen LogP contribution in [0.1, 0.15) is 13.8 Å². The Balaban J connectivity index is 0.00000104. The summed E-state index contributed by atoms with van der Waals surface area (Å²) < 4.78 is 11.2. The molecule has 0 N–H and O–H groups in total. The third-order valence-corrected chi connectivity index (χ3v) is 10.7. The van der Waals surface area contributed by atoms with Crippen molar-refractivity contribution in [2.75, 3.05) is 0 Å². The highest BCUT2D eigenvalue weighted by Crippen LogP contribution is 2.50. The first kappa shape index (κ1) is 21.1. The SMILES string of the molecule is CC.c1cc2c3c(c4sccc4n2c1)c1c(c2sccc2n2cccc12)c1c3c2sccc2n2cccc12. The molecule has 9 heterocycles. The van der Waals surface area contributed by atoms with E-state index >= 15 is 0 Å². The van der Waals surface area contributed by atoms with Crippen LogP contribution in [0, 0.1) is 0 Å². The Bertz CT molecular complexity index is 2050. The van der Waals surface area contributed by atoms with E-state index in [4.69, 9.17) is 0 Å². The summed E-state index contributed by atoms with van der Waals surface area (Å²) in [5, 5.41) is 15.0. The van der Waals surface area contributed by atoms with Crippen molar-refractivity contribution in [1.82, 2.24) is 13.2 Å². The van der Waals surface area contributed by atoms with Gasteiger partial charge in [-0.25, -0.2) is 0 Å². The van der Waals surface area contributed by atoms with Crippen LogP contribution in [0.5, 0.6) is 0 Å². The maximum atomic E-state index is 2.39. The topological polar surface area (TPSA) is 13.2 Å². The van der Waals surface area contributed by atoms with Crippen molar-refractivity contribution in [3.8, 4) is 0 Å². The minimum absolute atomic E-state index is 1.28. The van der Waals surface area contributed by atoms with Gasteiger partial charge in [-0.05, 0) is 70.7 Å². The number of pyridine rings is 3. The third kappa shape index (κ3) is 2.31. The number of hydrogen-bond donors (Lipinski definition) is 0. The van der Waals surface area contributed by atoms with Crippen LogP contribution in [-0.2, 0) is 0 Å². The lowest BCUT2D eigenvalue weighted by molar-refractivity contribution is 1.29. The molecule has 1 aromatic carbocycles. The lowest BCUT2D eigenvalue weighted by Gasteiger charge is -2.18. The molecule has 10 aromatic rings. The average molecular weight is 544 g/mol. The lowest BCUT2D eigenvalue weighted by Crippen LogP contribution is -1.95. The second kappa shape index (κ2) is 7.38. The summed E-state index contributed by atoms with van der Waals surface area (Å²) in [5.41, 5.74) is 7.71. The van der Waals surface area contributed by atoms with Crippen molar-refractivity contribution in [2.24, 2.45) is 0 Å². The van der Waals surface area contributed by atoms with Crippen molar-refractivity contribution in [3.63, 3.8) is 0 Å². The van der Waals surface area contributed by atoms with E-state index in [9.17, 15) is 0 Å². The van der Waals surface area contributed by atoms with E-state index in [1.54, 1.807) is 0 Å². The molecule has 0 bridgehead atoms. The van der Waals surface area contributed by atoms with Gasteiger partial charge in [0.2, 0.25) is 0 Å². The van der Waals surface area contributed by atoms with Crippen LogP contribution in [0.2, 0.25) is 0 Å². The smallest absolute Gasteiger partial charge is 0.0642 e. The minimum Gasteiger partial charge on any atom is -0.315 e. The van der Waals surface area contributed by atoms with E-state index in [0.29, 0.717) is 0 Å². The number of benzene rings is 1. The average Bonchev–Trinajstić information content (AvgIpc) is 3.78. The molecule has 3 nitrogen and oxygen atoms in total. The van der Waals surface area contributed by atoms with Crippen molar-refractivity contribution in [1.29, 1.82) is 0 Å². The molecule has 0 amide bonds. The molecule has 9 aromatic heterocycles. The summed E-state index contributed by atoms with van der Waals surface area (Å²) >= 11 is 5.58. The van der Waals surface area contributed by atoms with Gasteiger partial charge < -0.3 is 13.2 Å². The van der Waals surface area contributed by atoms with Crippen LogP contribution in [0.25, 0.3) is 79.5 Å². The Morgan fingerprint density at radius 2 is 0.711 bits per heavy atom. The van der Waals surface area contributed by atoms with E-state index in [2.05, 4.69) is 103 Å². The Kier molecular flexibility index (Phi) is 4.11. The van der Waals surface area contributed by atoms with Gasteiger partial charge in [0.15, 0.2) is 0 Å². The van der Waals surface area contributed by atoms with Crippen molar-refractivity contribution in [2.45, 2.75) is 13.8 Å². The predicted molar refractivity (Wildman–Crippen MR) is 169 cm³/mol. The Labute approximate surface area is 229 Å². The van der Waals surface area contributed by atoms with E-state index in [1.807, 2.05) is 47.9 Å². The molecule has 0 unspecified atom stereocenters. The molecule has 0 fully saturated rings. The molecule has 6 heteroatoms.